The van der Waals surface area contributed by atoms with Gasteiger partial charge in [0.05, 0.1) is 0 Å². The number of nitrogens with one attached hydrogen (secondary N) is 1. The summed E-state index contributed by atoms with van der Waals surface area (Å²) in [5.41, 5.74) is 1.19. The number of aromatic nitrogens is 1. The first-order chi connectivity index (χ1) is 7.77. The number of anilines is 1. The molecule has 0 aliphatic carbocycles. The summed E-state index contributed by atoms with van der Waals surface area (Å²) >= 11 is 0. The Morgan fingerprint density at radius 1 is 1.06 bits per heavy atom. The van der Waals surface area contributed by atoms with Crippen LogP contribution in [0.5, 0.6) is 0 Å². The molecular formula is C13H14N2O. The van der Waals surface area contributed by atoms with Crippen LogP contribution in [0.4, 0.5) is 5.82 Å². The van der Waals surface area contributed by atoms with Gasteiger partial charge in [-0.2, -0.15) is 0 Å². The molecule has 1 heterocycles. The highest BCUT2D eigenvalue weighted by Gasteiger charge is 1.97. The van der Waals surface area contributed by atoms with Crippen molar-refractivity contribution in [3.05, 3.63) is 64.4 Å². The van der Waals surface area contributed by atoms with Crippen molar-refractivity contribution in [1.29, 1.82) is 0 Å². The van der Waals surface area contributed by atoms with Crippen molar-refractivity contribution in [3.8, 4) is 0 Å². The van der Waals surface area contributed by atoms with Gasteiger partial charge in [0, 0.05) is 19.7 Å². The van der Waals surface area contributed by atoms with Gasteiger partial charge in [-0.25, -0.2) is 0 Å². The SMILES string of the molecule is Cn1c(NCc2ccccc2)cccc1=O. The summed E-state index contributed by atoms with van der Waals surface area (Å²) in [6, 6.07) is 15.3. The van der Waals surface area contributed by atoms with E-state index in [2.05, 4.69) is 5.32 Å². The van der Waals surface area contributed by atoms with Gasteiger partial charge >= 0.3 is 0 Å². The van der Waals surface area contributed by atoms with Gasteiger partial charge in [0.25, 0.3) is 5.56 Å². The van der Waals surface area contributed by atoms with E-state index in [1.165, 1.54) is 5.56 Å². The average Bonchev–Trinajstić information content (AvgIpc) is 2.32. The van der Waals surface area contributed by atoms with E-state index < -0.39 is 0 Å². The van der Waals surface area contributed by atoms with Crippen LogP contribution in [0.15, 0.2) is 53.3 Å². The van der Waals surface area contributed by atoms with Crippen molar-refractivity contribution in [1.82, 2.24) is 4.57 Å². The highest BCUT2D eigenvalue weighted by atomic mass is 16.1. The molecule has 0 fully saturated rings. The zero-order chi connectivity index (χ0) is 11.4. The molecule has 3 heteroatoms. The number of hydrogen-bond donors (Lipinski definition) is 1. The fraction of sp³-hybridized carbons (Fsp3) is 0.154. The lowest BCUT2D eigenvalue weighted by Crippen LogP contribution is -2.18. The van der Waals surface area contributed by atoms with Crippen LogP contribution >= 0.6 is 0 Å². The monoisotopic (exact) mass is 214 g/mol. The Balaban J connectivity index is 2.11. The largest absolute Gasteiger partial charge is 0.367 e. The predicted octanol–water partition coefficient (Wildman–Crippen LogP) is 2.00. The first kappa shape index (κ1) is 10.5. The van der Waals surface area contributed by atoms with Crippen LogP contribution in [0.2, 0.25) is 0 Å². The van der Waals surface area contributed by atoms with Gasteiger partial charge in [0.1, 0.15) is 5.82 Å². The Morgan fingerprint density at radius 2 is 1.81 bits per heavy atom. The normalized spacial score (nSPS) is 10.1. The molecule has 0 saturated heterocycles. The molecule has 0 spiro atoms. The second-order valence-electron chi connectivity index (χ2n) is 3.65. The maximum absolute atomic E-state index is 11.4. The third-order valence-corrected chi connectivity index (χ3v) is 2.50. The molecule has 0 radical (unpaired) electrons. The summed E-state index contributed by atoms with van der Waals surface area (Å²) in [6.07, 6.45) is 0. The van der Waals surface area contributed by atoms with E-state index in [0.29, 0.717) is 0 Å². The Hall–Kier alpha value is -2.03. The molecule has 0 atom stereocenters. The zero-order valence-corrected chi connectivity index (χ0v) is 9.18. The van der Waals surface area contributed by atoms with Gasteiger partial charge in [-0.1, -0.05) is 36.4 Å². The van der Waals surface area contributed by atoms with Gasteiger partial charge in [0.2, 0.25) is 0 Å². The second-order valence-corrected chi connectivity index (χ2v) is 3.65. The fourth-order valence-corrected chi connectivity index (χ4v) is 1.53. The standard InChI is InChI=1S/C13H14N2O/c1-15-12(8-5-9-13(15)16)14-10-11-6-3-2-4-7-11/h2-9,14H,10H2,1H3. The lowest BCUT2D eigenvalue weighted by molar-refractivity contribution is 0.855. The molecule has 0 unspecified atom stereocenters. The van der Waals surface area contributed by atoms with Crippen LogP contribution in [0.1, 0.15) is 5.56 Å². The molecule has 2 rings (SSSR count). The Morgan fingerprint density at radius 3 is 2.56 bits per heavy atom. The van der Waals surface area contributed by atoms with Crippen molar-refractivity contribution in [2.24, 2.45) is 7.05 Å². The minimum absolute atomic E-state index is 0.00179. The predicted molar refractivity (Wildman–Crippen MR) is 65.5 cm³/mol. The summed E-state index contributed by atoms with van der Waals surface area (Å²) in [4.78, 5) is 11.4. The highest BCUT2D eigenvalue weighted by Crippen LogP contribution is 2.05. The van der Waals surface area contributed by atoms with Gasteiger partial charge < -0.3 is 5.32 Å². The molecule has 82 valence electrons. The Kier molecular flexibility index (Phi) is 3.05. The van der Waals surface area contributed by atoms with Crippen molar-refractivity contribution >= 4 is 5.82 Å². The molecular weight excluding hydrogens is 200 g/mol. The smallest absolute Gasteiger partial charge is 0.251 e. The second kappa shape index (κ2) is 4.66. The summed E-state index contributed by atoms with van der Waals surface area (Å²) < 4.78 is 1.60. The first-order valence-corrected chi connectivity index (χ1v) is 5.21. The van der Waals surface area contributed by atoms with Crippen LogP contribution in [-0.4, -0.2) is 4.57 Å². The molecule has 2 aromatic rings. The number of pyridine rings is 1. The number of hydrogen-bond acceptors (Lipinski definition) is 2. The fourth-order valence-electron chi connectivity index (χ4n) is 1.53. The number of benzene rings is 1. The molecule has 0 aliphatic heterocycles. The van der Waals surface area contributed by atoms with Crippen LogP contribution in [0, 0.1) is 0 Å². The van der Waals surface area contributed by atoms with E-state index in [9.17, 15) is 4.79 Å². The highest BCUT2D eigenvalue weighted by molar-refractivity contribution is 5.36. The molecule has 16 heavy (non-hydrogen) atoms. The minimum atomic E-state index is -0.00179. The summed E-state index contributed by atoms with van der Waals surface area (Å²) in [5.74, 6) is 0.830. The maximum atomic E-state index is 11.4. The van der Waals surface area contributed by atoms with Crippen molar-refractivity contribution in [2.75, 3.05) is 5.32 Å². The van der Waals surface area contributed by atoms with E-state index >= 15 is 0 Å². The van der Waals surface area contributed by atoms with Crippen LogP contribution in [-0.2, 0) is 13.6 Å². The molecule has 1 aromatic heterocycles. The zero-order valence-electron chi connectivity index (χ0n) is 9.18. The third-order valence-electron chi connectivity index (χ3n) is 2.50. The summed E-state index contributed by atoms with van der Waals surface area (Å²) in [7, 11) is 1.76. The van der Waals surface area contributed by atoms with Gasteiger partial charge in [-0.05, 0) is 11.6 Å². The van der Waals surface area contributed by atoms with E-state index in [1.807, 2.05) is 36.4 Å². The van der Waals surface area contributed by atoms with Crippen LogP contribution in [0.3, 0.4) is 0 Å². The van der Waals surface area contributed by atoms with Gasteiger partial charge in [-0.15, -0.1) is 0 Å². The van der Waals surface area contributed by atoms with E-state index in [0.717, 1.165) is 12.4 Å². The van der Waals surface area contributed by atoms with Gasteiger partial charge in [0.15, 0.2) is 0 Å². The van der Waals surface area contributed by atoms with E-state index in [4.69, 9.17) is 0 Å². The third kappa shape index (κ3) is 2.31. The van der Waals surface area contributed by atoms with Crippen molar-refractivity contribution in [3.63, 3.8) is 0 Å². The van der Waals surface area contributed by atoms with Crippen molar-refractivity contribution in [2.45, 2.75) is 6.54 Å². The number of rotatable bonds is 3. The maximum Gasteiger partial charge on any atom is 0.251 e. The number of nitrogens with zero attached hydrogens (tertiary/aromatic N) is 1. The van der Waals surface area contributed by atoms with Crippen LogP contribution < -0.4 is 10.9 Å². The van der Waals surface area contributed by atoms with Gasteiger partial charge in [-0.3, -0.25) is 9.36 Å². The van der Waals surface area contributed by atoms with Crippen molar-refractivity contribution < 1.29 is 0 Å². The van der Waals surface area contributed by atoms with Crippen LogP contribution in [0.25, 0.3) is 0 Å². The quantitative estimate of drug-likeness (QED) is 0.847. The topological polar surface area (TPSA) is 34.0 Å². The summed E-state index contributed by atoms with van der Waals surface area (Å²) in [6.45, 7) is 0.720. The molecule has 0 bridgehead atoms. The first-order valence-electron chi connectivity index (χ1n) is 5.21. The molecule has 3 nitrogen and oxygen atoms in total. The molecule has 1 N–H and O–H groups in total. The average molecular weight is 214 g/mol. The Bertz CT molecular complexity index is 517. The lowest BCUT2D eigenvalue weighted by Gasteiger charge is -2.10. The summed E-state index contributed by atoms with van der Waals surface area (Å²) in [5, 5.41) is 3.23. The molecule has 0 amide bonds. The molecule has 0 saturated carbocycles. The van der Waals surface area contributed by atoms with E-state index in [1.54, 1.807) is 23.7 Å². The molecule has 0 aliphatic rings. The Labute approximate surface area is 94.4 Å². The lowest BCUT2D eigenvalue weighted by atomic mass is 10.2. The van der Waals surface area contributed by atoms with E-state index in [-0.39, 0.29) is 5.56 Å². The molecule has 1 aromatic carbocycles. The minimum Gasteiger partial charge on any atom is -0.367 e.